The Labute approximate surface area is 114 Å². The van der Waals surface area contributed by atoms with Crippen molar-refractivity contribution in [1.29, 1.82) is 0 Å². The molecule has 1 saturated heterocycles. The van der Waals surface area contributed by atoms with Crippen molar-refractivity contribution in [3.05, 3.63) is 29.8 Å². The van der Waals surface area contributed by atoms with Gasteiger partial charge in [0.1, 0.15) is 5.75 Å². The van der Waals surface area contributed by atoms with E-state index in [1.807, 2.05) is 17.0 Å². The molecule has 1 atom stereocenters. The molecule has 0 aromatic heterocycles. The number of carbonyl (C=O) groups excluding carboxylic acids is 1. The molecule has 0 aliphatic carbocycles. The van der Waals surface area contributed by atoms with Crippen LogP contribution in [0, 0.1) is 0 Å². The van der Waals surface area contributed by atoms with E-state index in [2.05, 4.69) is 6.92 Å². The Kier molecular flexibility index (Phi) is 4.80. The highest BCUT2D eigenvalue weighted by Crippen LogP contribution is 2.19. The summed E-state index contributed by atoms with van der Waals surface area (Å²) in [4.78, 5) is 14.0. The van der Waals surface area contributed by atoms with Crippen molar-refractivity contribution in [3.8, 4) is 5.75 Å². The standard InChI is InChI=1S/C15H21NO3/c1-12-6-4-5-9-16(12)15(18)11-19-14-8-3-2-7-13(14)10-17/h2-3,7-8,12,17H,4-6,9-11H2,1H3. The van der Waals surface area contributed by atoms with Crippen molar-refractivity contribution in [1.82, 2.24) is 4.90 Å². The molecule has 1 aliphatic rings. The number of likely N-dealkylation sites (tertiary alicyclic amines) is 1. The monoisotopic (exact) mass is 263 g/mol. The van der Waals surface area contributed by atoms with E-state index in [0.717, 1.165) is 19.4 Å². The molecule has 1 heterocycles. The summed E-state index contributed by atoms with van der Waals surface area (Å²) in [6.45, 7) is 2.87. The van der Waals surface area contributed by atoms with Gasteiger partial charge in [-0.05, 0) is 32.3 Å². The van der Waals surface area contributed by atoms with Gasteiger partial charge in [0.05, 0.1) is 6.61 Å². The van der Waals surface area contributed by atoms with Gasteiger partial charge in [-0.2, -0.15) is 0 Å². The van der Waals surface area contributed by atoms with Crippen LogP contribution >= 0.6 is 0 Å². The summed E-state index contributed by atoms with van der Waals surface area (Å²) in [5.74, 6) is 0.614. The first-order valence-electron chi connectivity index (χ1n) is 6.83. The number of ether oxygens (including phenoxy) is 1. The Morgan fingerprint density at radius 2 is 2.21 bits per heavy atom. The van der Waals surface area contributed by atoms with Crippen LogP contribution < -0.4 is 4.74 Å². The maximum Gasteiger partial charge on any atom is 0.260 e. The molecular formula is C15H21NO3. The van der Waals surface area contributed by atoms with Crippen molar-refractivity contribution in [2.75, 3.05) is 13.2 Å². The van der Waals surface area contributed by atoms with Gasteiger partial charge in [0.15, 0.2) is 6.61 Å². The van der Waals surface area contributed by atoms with Crippen LogP contribution in [0.2, 0.25) is 0 Å². The number of para-hydroxylation sites is 1. The smallest absolute Gasteiger partial charge is 0.260 e. The highest BCUT2D eigenvalue weighted by atomic mass is 16.5. The Hall–Kier alpha value is -1.55. The predicted octanol–water partition coefficient (Wildman–Crippen LogP) is 1.96. The number of benzene rings is 1. The van der Waals surface area contributed by atoms with Crippen LogP contribution in [0.15, 0.2) is 24.3 Å². The van der Waals surface area contributed by atoms with Gasteiger partial charge in [0.25, 0.3) is 5.91 Å². The van der Waals surface area contributed by atoms with E-state index in [1.165, 1.54) is 6.42 Å². The molecule has 104 valence electrons. The molecule has 1 unspecified atom stereocenters. The number of piperidine rings is 1. The third kappa shape index (κ3) is 3.47. The van der Waals surface area contributed by atoms with E-state index in [9.17, 15) is 9.90 Å². The normalized spacial score (nSPS) is 19.3. The van der Waals surface area contributed by atoms with Crippen LogP contribution in [-0.4, -0.2) is 35.1 Å². The fourth-order valence-corrected chi connectivity index (χ4v) is 2.47. The average Bonchev–Trinajstić information content (AvgIpc) is 2.45. The molecule has 0 saturated carbocycles. The Morgan fingerprint density at radius 3 is 2.95 bits per heavy atom. The highest BCUT2D eigenvalue weighted by molar-refractivity contribution is 5.78. The predicted molar refractivity (Wildman–Crippen MR) is 72.9 cm³/mol. The first-order valence-corrected chi connectivity index (χ1v) is 6.83. The number of hydrogen-bond donors (Lipinski definition) is 1. The molecule has 0 bridgehead atoms. The van der Waals surface area contributed by atoms with Gasteiger partial charge in [0.2, 0.25) is 0 Å². The number of carbonyl (C=O) groups is 1. The summed E-state index contributed by atoms with van der Waals surface area (Å²) in [6.07, 6.45) is 3.33. The van der Waals surface area contributed by atoms with Crippen molar-refractivity contribution >= 4 is 5.91 Å². The van der Waals surface area contributed by atoms with Crippen molar-refractivity contribution in [3.63, 3.8) is 0 Å². The number of aliphatic hydroxyl groups excluding tert-OH is 1. The van der Waals surface area contributed by atoms with Crippen LogP contribution in [0.25, 0.3) is 0 Å². The van der Waals surface area contributed by atoms with Crippen LogP contribution in [0.1, 0.15) is 31.7 Å². The Bertz CT molecular complexity index is 433. The average molecular weight is 263 g/mol. The molecule has 4 nitrogen and oxygen atoms in total. The molecular weight excluding hydrogens is 242 g/mol. The molecule has 0 spiro atoms. The number of amides is 1. The topological polar surface area (TPSA) is 49.8 Å². The molecule has 1 N–H and O–H groups in total. The second-order valence-corrected chi connectivity index (χ2v) is 4.99. The lowest BCUT2D eigenvalue weighted by atomic mass is 10.0. The third-order valence-electron chi connectivity index (χ3n) is 3.62. The quantitative estimate of drug-likeness (QED) is 0.903. The summed E-state index contributed by atoms with van der Waals surface area (Å²) < 4.78 is 5.54. The van der Waals surface area contributed by atoms with Crippen LogP contribution in [0.4, 0.5) is 0 Å². The fraction of sp³-hybridized carbons (Fsp3) is 0.533. The fourth-order valence-electron chi connectivity index (χ4n) is 2.47. The first kappa shape index (κ1) is 13.9. The molecule has 19 heavy (non-hydrogen) atoms. The van der Waals surface area contributed by atoms with Gasteiger partial charge in [-0.3, -0.25) is 4.79 Å². The van der Waals surface area contributed by atoms with E-state index >= 15 is 0 Å². The summed E-state index contributed by atoms with van der Waals surface area (Å²) in [5, 5.41) is 9.20. The zero-order valence-corrected chi connectivity index (χ0v) is 11.3. The largest absolute Gasteiger partial charge is 0.483 e. The van der Waals surface area contributed by atoms with Gasteiger partial charge in [-0.15, -0.1) is 0 Å². The number of nitrogens with zero attached hydrogens (tertiary/aromatic N) is 1. The van der Waals surface area contributed by atoms with Gasteiger partial charge in [-0.25, -0.2) is 0 Å². The van der Waals surface area contributed by atoms with E-state index < -0.39 is 0 Å². The zero-order valence-electron chi connectivity index (χ0n) is 11.3. The third-order valence-corrected chi connectivity index (χ3v) is 3.62. The van der Waals surface area contributed by atoms with Crippen LogP contribution in [0.5, 0.6) is 5.75 Å². The second kappa shape index (κ2) is 6.57. The summed E-state index contributed by atoms with van der Waals surface area (Å²) >= 11 is 0. The highest BCUT2D eigenvalue weighted by Gasteiger charge is 2.23. The summed E-state index contributed by atoms with van der Waals surface area (Å²) in [7, 11) is 0. The molecule has 1 fully saturated rings. The Morgan fingerprint density at radius 1 is 1.42 bits per heavy atom. The van der Waals surface area contributed by atoms with Crippen molar-refractivity contribution in [2.45, 2.75) is 38.8 Å². The molecule has 1 amide bonds. The van der Waals surface area contributed by atoms with Gasteiger partial charge in [-0.1, -0.05) is 18.2 Å². The zero-order chi connectivity index (χ0) is 13.7. The minimum atomic E-state index is -0.0789. The van der Waals surface area contributed by atoms with Crippen molar-refractivity contribution in [2.24, 2.45) is 0 Å². The lowest BCUT2D eigenvalue weighted by Gasteiger charge is -2.33. The van der Waals surface area contributed by atoms with Gasteiger partial charge >= 0.3 is 0 Å². The summed E-state index contributed by atoms with van der Waals surface area (Å²) in [6, 6.07) is 7.55. The van der Waals surface area contributed by atoms with Crippen LogP contribution in [-0.2, 0) is 11.4 Å². The summed E-state index contributed by atoms with van der Waals surface area (Å²) in [5.41, 5.74) is 0.710. The van der Waals surface area contributed by atoms with Crippen molar-refractivity contribution < 1.29 is 14.6 Å². The molecule has 1 aliphatic heterocycles. The SMILES string of the molecule is CC1CCCCN1C(=O)COc1ccccc1CO. The van der Waals surface area contributed by atoms with Gasteiger partial charge in [0, 0.05) is 18.2 Å². The van der Waals surface area contributed by atoms with E-state index in [0.29, 0.717) is 17.4 Å². The van der Waals surface area contributed by atoms with Gasteiger partial charge < -0.3 is 14.7 Å². The second-order valence-electron chi connectivity index (χ2n) is 4.99. The number of rotatable bonds is 4. The molecule has 2 rings (SSSR count). The van der Waals surface area contributed by atoms with E-state index in [-0.39, 0.29) is 19.1 Å². The minimum Gasteiger partial charge on any atom is -0.483 e. The molecule has 1 aromatic carbocycles. The molecule has 4 heteroatoms. The van der Waals surface area contributed by atoms with E-state index in [1.54, 1.807) is 12.1 Å². The molecule has 1 aromatic rings. The van der Waals surface area contributed by atoms with Crippen LogP contribution in [0.3, 0.4) is 0 Å². The number of aliphatic hydroxyl groups is 1. The minimum absolute atomic E-state index is 0.0277. The number of hydrogen-bond acceptors (Lipinski definition) is 3. The lowest BCUT2D eigenvalue weighted by molar-refractivity contribution is -0.136. The first-order chi connectivity index (χ1) is 9.22. The maximum absolute atomic E-state index is 12.1. The Balaban J connectivity index is 1.92. The molecule has 0 radical (unpaired) electrons. The van der Waals surface area contributed by atoms with E-state index in [4.69, 9.17) is 4.74 Å². The lowest BCUT2D eigenvalue weighted by Crippen LogP contribution is -2.44. The maximum atomic E-state index is 12.1.